The number of nitrogens with zero attached hydrogens (tertiary/aromatic N) is 1. The molecule has 0 bridgehead atoms. The van der Waals surface area contributed by atoms with Crippen LogP contribution in [0.4, 0.5) is 4.79 Å². The molecule has 2 N–H and O–H groups in total. The summed E-state index contributed by atoms with van der Waals surface area (Å²) in [5.74, 6) is 0.977. The highest BCUT2D eigenvalue weighted by Gasteiger charge is 2.12. The van der Waals surface area contributed by atoms with Crippen LogP contribution in [0.1, 0.15) is 29.8 Å². The zero-order valence-electron chi connectivity index (χ0n) is 12.6. The zero-order valence-corrected chi connectivity index (χ0v) is 13.4. The van der Waals surface area contributed by atoms with E-state index in [0.29, 0.717) is 6.54 Å². The van der Waals surface area contributed by atoms with Gasteiger partial charge in [0, 0.05) is 25.4 Å². The van der Waals surface area contributed by atoms with Crippen LogP contribution >= 0.6 is 11.8 Å². The largest absolute Gasteiger partial charge is 0.478 e. The molecule has 21 heavy (non-hydrogen) atoms. The normalized spacial score (nSPS) is 11.8. The fraction of sp³-hybridized carbons (Fsp3) is 0.467. The molecule has 0 saturated carbocycles. The lowest BCUT2D eigenvalue weighted by Gasteiger charge is -2.21. The monoisotopic (exact) mass is 310 g/mol. The second-order valence-corrected chi connectivity index (χ2v) is 6.19. The van der Waals surface area contributed by atoms with Gasteiger partial charge in [-0.1, -0.05) is 19.1 Å². The number of hydrogen-bond donors (Lipinski definition) is 2. The number of carboxylic acids is 1. The first-order chi connectivity index (χ1) is 9.93. The molecule has 0 spiro atoms. The molecule has 6 heteroatoms. The van der Waals surface area contributed by atoms with Crippen LogP contribution in [0.3, 0.4) is 0 Å². The number of rotatable bonds is 7. The maximum Gasteiger partial charge on any atom is 0.335 e. The molecular weight excluding hydrogens is 288 g/mol. The minimum atomic E-state index is -0.949. The molecule has 0 aliphatic carbocycles. The molecule has 5 nitrogen and oxygen atoms in total. The SMILES string of the molecule is CCSCC(C)NC(=O)N(C)Cc1ccc(C(=O)O)cc1. The second kappa shape index (κ2) is 8.56. The molecular formula is C15H22N2O3S. The Hall–Kier alpha value is -1.69. The van der Waals surface area contributed by atoms with Crippen molar-refractivity contribution in [2.45, 2.75) is 26.4 Å². The lowest BCUT2D eigenvalue weighted by atomic mass is 10.1. The Kier molecular flexibility index (Phi) is 7.08. The molecule has 0 radical (unpaired) electrons. The molecule has 0 aliphatic heterocycles. The minimum Gasteiger partial charge on any atom is -0.478 e. The Morgan fingerprint density at radius 2 is 1.95 bits per heavy atom. The number of aromatic carboxylic acids is 1. The summed E-state index contributed by atoms with van der Waals surface area (Å²) in [5.41, 5.74) is 1.14. The molecule has 1 unspecified atom stereocenters. The van der Waals surface area contributed by atoms with E-state index >= 15 is 0 Å². The van der Waals surface area contributed by atoms with Crippen LogP contribution in [0.5, 0.6) is 0 Å². The van der Waals surface area contributed by atoms with Gasteiger partial charge in [0.15, 0.2) is 0 Å². The summed E-state index contributed by atoms with van der Waals surface area (Å²) < 4.78 is 0. The molecule has 0 aliphatic rings. The number of urea groups is 1. The van der Waals surface area contributed by atoms with E-state index in [9.17, 15) is 9.59 Å². The first kappa shape index (κ1) is 17.4. The van der Waals surface area contributed by atoms with E-state index in [1.54, 1.807) is 48.0 Å². The van der Waals surface area contributed by atoms with Gasteiger partial charge < -0.3 is 15.3 Å². The predicted octanol–water partition coefficient (Wildman–Crippen LogP) is 2.67. The molecule has 1 atom stereocenters. The zero-order chi connectivity index (χ0) is 15.8. The molecule has 0 fully saturated rings. The minimum absolute atomic E-state index is 0.124. The van der Waals surface area contributed by atoms with Gasteiger partial charge in [0.2, 0.25) is 0 Å². The number of carboxylic acid groups (broad SMARTS) is 1. The van der Waals surface area contributed by atoms with E-state index < -0.39 is 5.97 Å². The number of nitrogens with one attached hydrogen (secondary N) is 1. The van der Waals surface area contributed by atoms with Crippen molar-refractivity contribution in [2.24, 2.45) is 0 Å². The highest BCUT2D eigenvalue weighted by molar-refractivity contribution is 7.99. The number of benzene rings is 1. The van der Waals surface area contributed by atoms with Crippen molar-refractivity contribution >= 4 is 23.8 Å². The Balaban J connectivity index is 2.49. The average Bonchev–Trinajstić information content (AvgIpc) is 2.45. The standard InChI is InChI=1S/C15H22N2O3S/c1-4-21-10-11(2)16-15(20)17(3)9-12-5-7-13(8-6-12)14(18)19/h5-8,11H,4,9-10H2,1-3H3,(H,16,20)(H,18,19). The van der Waals surface area contributed by atoms with Gasteiger partial charge in [-0.3, -0.25) is 0 Å². The van der Waals surface area contributed by atoms with E-state index in [1.807, 2.05) is 6.92 Å². The first-order valence-corrected chi connectivity index (χ1v) is 8.01. The van der Waals surface area contributed by atoms with Crippen molar-refractivity contribution in [1.82, 2.24) is 10.2 Å². The maximum atomic E-state index is 12.0. The number of carbonyl (C=O) groups is 2. The highest BCUT2D eigenvalue weighted by atomic mass is 32.2. The van der Waals surface area contributed by atoms with Crippen molar-refractivity contribution < 1.29 is 14.7 Å². The van der Waals surface area contributed by atoms with Gasteiger partial charge in [-0.25, -0.2) is 9.59 Å². The summed E-state index contributed by atoms with van der Waals surface area (Å²) in [5, 5.41) is 11.8. The molecule has 2 amide bonds. The molecule has 1 aromatic carbocycles. The van der Waals surface area contributed by atoms with Crippen LogP contribution in [0, 0.1) is 0 Å². The molecule has 1 rings (SSSR count). The summed E-state index contributed by atoms with van der Waals surface area (Å²) >= 11 is 1.79. The Bertz CT molecular complexity index is 476. The highest BCUT2D eigenvalue weighted by Crippen LogP contribution is 2.08. The summed E-state index contributed by atoms with van der Waals surface area (Å²) in [6.07, 6.45) is 0. The number of carbonyl (C=O) groups excluding carboxylic acids is 1. The Morgan fingerprint density at radius 3 is 2.48 bits per heavy atom. The van der Waals surface area contributed by atoms with E-state index in [4.69, 9.17) is 5.11 Å². The van der Waals surface area contributed by atoms with Crippen molar-refractivity contribution in [3.05, 3.63) is 35.4 Å². The predicted molar refractivity (Wildman–Crippen MR) is 85.9 cm³/mol. The van der Waals surface area contributed by atoms with Gasteiger partial charge in [-0.05, 0) is 30.4 Å². The van der Waals surface area contributed by atoms with Gasteiger partial charge in [0.05, 0.1) is 5.56 Å². The summed E-state index contributed by atoms with van der Waals surface area (Å²) in [4.78, 5) is 24.4. The third-order valence-electron chi connectivity index (χ3n) is 2.91. The van der Waals surface area contributed by atoms with Crippen molar-refractivity contribution in [3.63, 3.8) is 0 Å². The third kappa shape index (κ3) is 6.08. The average molecular weight is 310 g/mol. The van der Waals surface area contributed by atoms with Crippen molar-refractivity contribution in [2.75, 3.05) is 18.6 Å². The first-order valence-electron chi connectivity index (χ1n) is 6.85. The van der Waals surface area contributed by atoms with Crippen LogP contribution in [0.2, 0.25) is 0 Å². The molecule has 0 heterocycles. The lowest BCUT2D eigenvalue weighted by molar-refractivity contribution is 0.0697. The fourth-order valence-corrected chi connectivity index (χ4v) is 2.43. The van der Waals surface area contributed by atoms with Crippen molar-refractivity contribution in [1.29, 1.82) is 0 Å². The van der Waals surface area contributed by atoms with Gasteiger partial charge >= 0.3 is 12.0 Å². The fourth-order valence-electron chi connectivity index (χ4n) is 1.76. The maximum absolute atomic E-state index is 12.0. The van der Waals surface area contributed by atoms with Crippen molar-refractivity contribution in [3.8, 4) is 0 Å². The second-order valence-electron chi connectivity index (χ2n) is 4.87. The van der Waals surface area contributed by atoms with E-state index in [-0.39, 0.29) is 17.6 Å². The van der Waals surface area contributed by atoms with Crippen LogP contribution in [0.15, 0.2) is 24.3 Å². The van der Waals surface area contributed by atoms with Gasteiger partial charge in [-0.15, -0.1) is 0 Å². The van der Waals surface area contributed by atoms with Crippen LogP contribution in [0.25, 0.3) is 0 Å². The van der Waals surface area contributed by atoms with Gasteiger partial charge in [-0.2, -0.15) is 11.8 Å². The van der Waals surface area contributed by atoms with E-state index in [2.05, 4.69) is 12.2 Å². The van der Waals surface area contributed by atoms with Crippen LogP contribution in [-0.4, -0.2) is 46.6 Å². The third-order valence-corrected chi connectivity index (χ3v) is 4.05. The van der Waals surface area contributed by atoms with Gasteiger partial charge in [0.25, 0.3) is 0 Å². The molecule has 0 aromatic heterocycles. The Labute approximate surface area is 129 Å². The van der Waals surface area contributed by atoms with Crippen LogP contribution < -0.4 is 5.32 Å². The smallest absolute Gasteiger partial charge is 0.335 e. The number of amides is 2. The Morgan fingerprint density at radius 1 is 1.33 bits per heavy atom. The summed E-state index contributed by atoms with van der Waals surface area (Å²) in [7, 11) is 1.72. The molecule has 1 aromatic rings. The van der Waals surface area contributed by atoms with Gasteiger partial charge in [0.1, 0.15) is 0 Å². The summed E-state index contributed by atoms with van der Waals surface area (Å²) in [6.45, 7) is 4.52. The molecule has 116 valence electrons. The lowest BCUT2D eigenvalue weighted by Crippen LogP contribution is -2.42. The number of thioether (sulfide) groups is 1. The van der Waals surface area contributed by atoms with E-state index in [0.717, 1.165) is 17.1 Å². The van der Waals surface area contributed by atoms with E-state index in [1.165, 1.54) is 0 Å². The quantitative estimate of drug-likeness (QED) is 0.812. The van der Waals surface area contributed by atoms with Crippen LogP contribution in [-0.2, 0) is 6.54 Å². The number of hydrogen-bond acceptors (Lipinski definition) is 3. The molecule has 0 saturated heterocycles. The summed E-state index contributed by atoms with van der Waals surface area (Å²) in [6, 6.07) is 6.54. The topological polar surface area (TPSA) is 69.6 Å².